The maximum Gasteiger partial charge on any atom is 0.315 e. The maximum absolute atomic E-state index is 12.7. The second kappa shape index (κ2) is 6.88. The molecule has 5 nitrogen and oxygen atoms in total. The first-order valence-corrected chi connectivity index (χ1v) is 11.2. The second-order valence-electron chi connectivity index (χ2n) is 10.2. The largest absolute Gasteiger partial charge is 0.469 e. The van der Waals surface area contributed by atoms with Crippen molar-refractivity contribution in [2.24, 2.45) is 23.2 Å². The summed E-state index contributed by atoms with van der Waals surface area (Å²) in [5.74, 6) is 2.09. The van der Waals surface area contributed by atoms with Crippen LogP contribution >= 0.6 is 0 Å². The minimum absolute atomic E-state index is 0.0393. The summed E-state index contributed by atoms with van der Waals surface area (Å²) >= 11 is 0. The Morgan fingerprint density at radius 1 is 1.36 bits per heavy atom. The van der Waals surface area contributed by atoms with Gasteiger partial charge in [0.1, 0.15) is 17.8 Å². The molecule has 3 heterocycles. The number of hydrogen-bond donors (Lipinski definition) is 1. The standard InChI is InChI=1S/C23H33NO4/c1-15(6-7-16-5-3-10-26-16)24-13-18-17-11-20-22(2,12-19(17)28-21(18)25)8-4-9-23(20)14-27-23/h3,5,10,15,17-20,24H,4,6-9,11-14H2,1-2H3/p+1/t15-,17-,18-,19-,20-,22-,23+/m1/s1. The predicted molar refractivity (Wildman–Crippen MR) is 104 cm³/mol. The van der Waals surface area contributed by atoms with Crippen LogP contribution in [0.1, 0.15) is 58.1 Å². The Kier molecular flexibility index (Phi) is 4.59. The summed E-state index contributed by atoms with van der Waals surface area (Å²) in [4.78, 5) is 12.7. The number of ether oxygens (including phenoxy) is 2. The van der Waals surface area contributed by atoms with E-state index in [1.807, 2.05) is 12.1 Å². The lowest BCUT2D eigenvalue weighted by atomic mass is 9.53. The van der Waals surface area contributed by atoms with Gasteiger partial charge in [-0.15, -0.1) is 0 Å². The molecule has 0 unspecified atom stereocenters. The Bertz CT molecular complexity index is 712. The molecule has 0 aromatic carbocycles. The molecule has 2 N–H and O–H groups in total. The molecule has 28 heavy (non-hydrogen) atoms. The van der Waals surface area contributed by atoms with Crippen molar-refractivity contribution >= 4 is 5.97 Å². The molecule has 5 heteroatoms. The van der Waals surface area contributed by atoms with Crippen molar-refractivity contribution in [1.29, 1.82) is 0 Å². The van der Waals surface area contributed by atoms with Crippen molar-refractivity contribution in [2.45, 2.75) is 76.5 Å². The van der Waals surface area contributed by atoms with E-state index in [9.17, 15) is 4.79 Å². The smallest absolute Gasteiger partial charge is 0.315 e. The fourth-order valence-corrected chi connectivity index (χ4v) is 6.55. The van der Waals surface area contributed by atoms with E-state index < -0.39 is 0 Å². The number of carbonyl (C=O) groups excluding carboxylic acids is 1. The Hall–Kier alpha value is -1.33. The summed E-state index contributed by atoms with van der Waals surface area (Å²) < 4.78 is 17.4. The average molecular weight is 389 g/mol. The molecule has 0 amide bonds. The van der Waals surface area contributed by atoms with Gasteiger partial charge < -0.3 is 19.2 Å². The highest BCUT2D eigenvalue weighted by molar-refractivity contribution is 5.75. The Morgan fingerprint density at radius 2 is 2.21 bits per heavy atom. The minimum atomic E-state index is 0.0393. The van der Waals surface area contributed by atoms with Crippen LogP contribution in [0.15, 0.2) is 22.8 Å². The van der Waals surface area contributed by atoms with Crippen LogP contribution in [0.25, 0.3) is 0 Å². The van der Waals surface area contributed by atoms with E-state index >= 15 is 0 Å². The molecule has 2 aliphatic heterocycles. The van der Waals surface area contributed by atoms with Gasteiger partial charge in [0.05, 0.1) is 31.1 Å². The molecule has 0 radical (unpaired) electrons. The zero-order chi connectivity index (χ0) is 19.4. The van der Waals surface area contributed by atoms with Gasteiger partial charge in [-0.05, 0) is 62.5 Å². The zero-order valence-corrected chi connectivity index (χ0v) is 17.2. The van der Waals surface area contributed by atoms with E-state index in [-0.39, 0.29) is 29.0 Å². The molecule has 4 aliphatic rings. The van der Waals surface area contributed by atoms with Crippen molar-refractivity contribution in [3.8, 4) is 0 Å². The van der Waals surface area contributed by atoms with Gasteiger partial charge in [0.15, 0.2) is 0 Å². The molecule has 1 aromatic heterocycles. The first kappa shape index (κ1) is 18.7. The van der Waals surface area contributed by atoms with Crippen molar-refractivity contribution in [1.82, 2.24) is 0 Å². The fourth-order valence-electron chi connectivity index (χ4n) is 6.55. The molecule has 0 bridgehead atoms. The van der Waals surface area contributed by atoms with E-state index in [0.717, 1.165) is 44.6 Å². The van der Waals surface area contributed by atoms with Gasteiger partial charge in [-0.3, -0.25) is 4.79 Å². The number of nitrogens with two attached hydrogens (primary N) is 1. The van der Waals surface area contributed by atoms with Crippen molar-refractivity contribution < 1.29 is 24.0 Å². The summed E-state index contributed by atoms with van der Waals surface area (Å²) in [5.41, 5.74) is 0.416. The number of quaternary nitrogens is 1. The SMILES string of the molecule is C[C@H](CCc1ccco1)[NH2+]C[C@H]1C(=O)O[C@@H]2C[C@@]3(C)CCC[C@]4(CO4)[C@@H]3C[C@@H]21. The van der Waals surface area contributed by atoms with Crippen LogP contribution in [0.5, 0.6) is 0 Å². The summed E-state index contributed by atoms with van der Waals surface area (Å²) in [7, 11) is 0. The van der Waals surface area contributed by atoms with Gasteiger partial charge >= 0.3 is 5.97 Å². The van der Waals surface area contributed by atoms with Gasteiger partial charge in [-0.2, -0.15) is 0 Å². The highest BCUT2D eigenvalue weighted by Gasteiger charge is 2.65. The lowest BCUT2D eigenvalue weighted by Gasteiger charge is -2.51. The van der Waals surface area contributed by atoms with Gasteiger partial charge in [0, 0.05) is 18.8 Å². The molecule has 154 valence electrons. The highest BCUT2D eigenvalue weighted by atomic mass is 16.6. The van der Waals surface area contributed by atoms with E-state index in [1.54, 1.807) is 6.26 Å². The summed E-state index contributed by atoms with van der Waals surface area (Å²) in [5, 5.41) is 2.34. The number of aryl methyl sites for hydroxylation is 1. The lowest BCUT2D eigenvalue weighted by molar-refractivity contribution is -0.690. The number of hydrogen-bond acceptors (Lipinski definition) is 4. The maximum atomic E-state index is 12.7. The number of carbonyl (C=O) groups is 1. The van der Waals surface area contributed by atoms with Crippen molar-refractivity contribution in [2.75, 3.05) is 13.2 Å². The van der Waals surface area contributed by atoms with Gasteiger partial charge in [0.25, 0.3) is 0 Å². The molecule has 1 spiro atoms. The number of esters is 1. The van der Waals surface area contributed by atoms with Gasteiger partial charge in [-0.25, -0.2) is 0 Å². The molecule has 1 aromatic rings. The monoisotopic (exact) mass is 388 g/mol. The average Bonchev–Trinajstić information content (AvgIpc) is 3.11. The predicted octanol–water partition coefficient (Wildman–Crippen LogP) is 2.69. The molecule has 4 fully saturated rings. The highest BCUT2D eigenvalue weighted by Crippen LogP contribution is 2.62. The summed E-state index contributed by atoms with van der Waals surface area (Å²) in [6.07, 6.45) is 9.71. The third-order valence-electron chi connectivity index (χ3n) is 8.30. The van der Waals surface area contributed by atoms with Crippen LogP contribution in [-0.4, -0.2) is 36.9 Å². The van der Waals surface area contributed by atoms with Crippen LogP contribution in [0.2, 0.25) is 0 Å². The van der Waals surface area contributed by atoms with Crippen LogP contribution in [0.4, 0.5) is 0 Å². The third-order valence-corrected chi connectivity index (χ3v) is 8.30. The second-order valence-corrected chi connectivity index (χ2v) is 10.2. The number of rotatable bonds is 6. The third kappa shape index (κ3) is 3.21. The van der Waals surface area contributed by atoms with Gasteiger partial charge in [-0.1, -0.05) is 6.92 Å². The number of epoxide rings is 1. The first-order valence-electron chi connectivity index (χ1n) is 11.2. The van der Waals surface area contributed by atoms with E-state index in [4.69, 9.17) is 13.9 Å². The van der Waals surface area contributed by atoms with Crippen LogP contribution in [0.3, 0.4) is 0 Å². The molecular formula is C23H34NO4+. The van der Waals surface area contributed by atoms with Crippen LogP contribution in [-0.2, 0) is 20.7 Å². The molecule has 2 aliphatic carbocycles. The molecule has 5 rings (SSSR count). The topological polar surface area (TPSA) is 68.6 Å². The molecular weight excluding hydrogens is 354 g/mol. The van der Waals surface area contributed by atoms with Crippen LogP contribution in [0, 0.1) is 23.2 Å². The van der Waals surface area contributed by atoms with Crippen LogP contribution < -0.4 is 5.32 Å². The van der Waals surface area contributed by atoms with E-state index in [1.165, 1.54) is 19.3 Å². The first-order chi connectivity index (χ1) is 13.5. The summed E-state index contributed by atoms with van der Waals surface area (Å²) in [6.45, 7) is 6.43. The number of furan rings is 1. The zero-order valence-electron chi connectivity index (χ0n) is 17.2. The van der Waals surface area contributed by atoms with Gasteiger partial charge in [0.2, 0.25) is 0 Å². The minimum Gasteiger partial charge on any atom is -0.469 e. The normalized spacial score (nSPS) is 42.7. The van der Waals surface area contributed by atoms with Crippen molar-refractivity contribution in [3.63, 3.8) is 0 Å². The van der Waals surface area contributed by atoms with Crippen molar-refractivity contribution in [3.05, 3.63) is 24.2 Å². The lowest BCUT2D eigenvalue weighted by Crippen LogP contribution is -2.91. The Morgan fingerprint density at radius 3 is 2.96 bits per heavy atom. The van der Waals surface area contributed by atoms with E-state index in [0.29, 0.717) is 17.9 Å². The van der Waals surface area contributed by atoms with E-state index in [2.05, 4.69) is 19.2 Å². The molecule has 2 saturated heterocycles. The molecule has 7 atom stereocenters. The molecule has 2 saturated carbocycles. The fraction of sp³-hybridized carbons (Fsp3) is 0.783. The number of fused-ring (bicyclic) bond motifs is 3. The Balaban J connectivity index is 1.21. The summed E-state index contributed by atoms with van der Waals surface area (Å²) in [6, 6.07) is 4.44. The Labute approximate surface area is 167 Å². The quantitative estimate of drug-likeness (QED) is 0.601.